The number of rotatable bonds is 4. The Morgan fingerprint density at radius 2 is 2.07 bits per heavy atom. The molecule has 3 heterocycles. The van der Waals surface area contributed by atoms with Gasteiger partial charge in [-0.25, -0.2) is 14.1 Å². The van der Waals surface area contributed by atoms with Crippen LogP contribution in [0.3, 0.4) is 0 Å². The number of hydrogen-bond donors (Lipinski definition) is 1. The number of benzene rings is 1. The van der Waals surface area contributed by atoms with E-state index in [0.717, 1.165) is 12.0 Å². The number of halogens is 1. The van der Waals surface area contributed by atoms with Gasteiger partial charge in [0.15, 0.2) is 5.69 Å². The fraction of sp³-hybridized carbons (Fsp3) is 0.273. The van der Waals surface area contributed by atoms with Crippen LogP contribution in [0, 0.1) is 18.7 Å². The Hall–Kier alpha value is -3.55. The van der Waals surface area contributed by atoms with E-state index in [-0.39, 0.29) is 29.2 Å². The maximum Gasteiger partial charge on any atom is 0.274 e. The van der Waals surface area contributed by atoms with Gasteiger partial charge in [-0.1, -0.05) is 12.1 Å². The van der Waals surface area contributed by atoms with Gasteiger partial charge in [-0.05, 0) is 55.7 Å². The lowest BCUT2D eigenvalue weighted by Crippen LogP contribution is -2.44. The summed E-state index contributed by atoms with van der Waals surface area (Å²) in [5, 5.41) is 7.16. The van der Waals surface area contributed by atoms with Crippen LogP contribution in [-0.4, -0.2) is 44.6 Å². The fourth-order valence-corrected chi connectivity index (χ4v) is 3.57. The minimum atomic E-state index is -0.371. The van der Waals surface area contributed by atoms with E-state index in [9.17, 15) is 14.0 Å². The molecule has 0 aliphatic carbocycles. The van der Waals surface area contributed by atoms with Crippen molar-refractivity contribution in [3.05, 3.63) is 71.9 Å². The number of piperidine rings is 1. The molecule has 0 spiro atoms. The molecular weight excluding hydrogens is 385 g/mol. The highest BCUT2D eigenvalue weighted by molar-refractivity contribution is 5.95. The Balaban J connectivity index is 1.44. The van der Waals surface area contributed by atoms with Crippen LogP contribution in [0.1, 0.15) is 28.9 Å². The third-order valence-corrected chi connectivity index (χ3v) is 5.21. The third kappa shape index (κ3) is 4.22. The highest BCUT2D eigenvalue weighted by Crippen LogP contribution is 2.21. The van der Waals surface area contributed by atoms with E-state index in [1.807, 2.05) is 19.1 Å². The molecule has 1 fully saturated rings. The zero-order valence-corrected chi connectivity index (χ0v) is 16.6. The van der Waals surface area contributed by atoms with Crippen LogP contribution in [0.4, 0.5) is 10.2 Å². The zero-order chi connectivity index (χ0) is 21.1. The minimum Gasteiger partial charge on any atom is -0.336 e. The fourth-order valence-electron chi connectivity index (χ4n) is 3.57. The molecule has 0 radical (unpaired) electrons. The number of hydrogen-bond acceptors (Lipinski definition) is 4. The van der Waals surface area contributed by atoms with Crippen LogP contribution in [0.15, 0.2) is 54.9 Å². The molecule has 1 saturated heterocycles. The van der Waals surface area contributed by atoms with Gasteiger partial charge in [-0.2, -0.15) is 5.10 Å². The first-order valence-electron chi connectivity index (χ1n) is 9.84. The van der Waals surface area contributed by atoms with Gasteiger partial charge in [-0.15, -0.1) is 0 Å². The molecule has 1 aliphatic heterocycles. The Labute approximate surface area is 173 Å². The standard InChI is InChI=1S/C22H22FN5O2/c1-15-5-3-10-24-20(15)25-21(29)16-6-4-11-27(14-16)22(30)19-9-12-28(26-19)18-8-2-7-17(23)13-18/h2-3,5,7-10,12-13,16H,4,6,11,14H2,1H3,(H,24,25,29). The maximum absolute atomic E-state index is 13.5. The van der Waals surface area contributed by atoms with Crippen molar-refractivity contribution >= 4 is 17.6 Å². The molecule has 0 saturated carbocycles. The number of carbonyl (C=O) groups excluding carboxylic acids is 2. The monoisotopic (exact) mass is 407 g/mol. The van der Waals surface area contributed by atoms with E-state index in [2.05, 4.69) is 15.4 Å². The topological polar surface area (TPSA) is 80.1 Å². The quantitative estimate of drug-likeness (QED) is 0.720. The zero-order valence-electron chi connectivity index (χ0n) is 16.6. The van der Waals surface area contributed by atoms with Gasteiger partial charge in [0.1, 0.15) is 11.6 Å². The minimum absolute atomic E-state index is 0.139. The van der Waals surface area contributed by atoms with E-state index < -0.39 is 0 Å². The molecule has 3 aromatic rings. The van der Waals surface area contributed by atoms with Crippen molar-refractivity contribution in [3.63, 3.8) is 0 Å². The second kappa shape index (κ2) is 8.44. The van der Waals surface area contributed by atoms with Crippen LogP contribution in [0.2, 0.25) is 0 Å². The molecule has 1 unspecified atom stereocenters. The molecule has 4 rings (SSSR count). The molecular formula is C22H22FN5O2. The Morgan fingerprint density at radius 1 is 1.20 bits per heavy atom. The van der Waals surface area contributed by atoms with Gasteiger partial charge >= 0.3 is 0 Å². The van der Waals surface area contributed by atoms with Crippen LogP contribution in [-0.2, 0) is 4.79 Å². The van der Waals surface area contributed by atoms with E-state index in [1.54, 1.807) is 35.5 Å². The molecule has 1 atom stereocenters. The Bertz CT molecular complexity index is 1080. The lowest BCUT2D eigenvalue weighted by molar-refractivity contribution is -0.121. The average molecular weight is 407 g/mol. The molecule has 8 heteroatoms. The molecule has 1 aliphatic rings. The second-order valence-electron chi connectivity index (χ2n) is 7.37. The predicted molar refractivity (Wildman–Crippen MR) is 110 cm³/mol. The first-order chi connectivity index (χ1) is 14.5. The number of nitrogens with one attached hydrogen (secondary N) is 1. The van der Waals surface area contributed by atoms with E-state index in [1.165, 1.54) is 16.8 Å². The van der Waals surface area contributed by atoms with Gasteiger partial charge in [0, 0.05) is 25.5 Å². The summed E-state index contributed by atoms with van der Waals surface area (Å²) in [5.41, 5.74) is 1.69. The average Bonchev–Trinajstić information content (AvgIpc) is 3.25. The molecule has 0 bridgehead atoms. The van der Waals surface area contributed by atoms with Crippen molar-refractivity contribution < 1.29 is 14.0 Å². The van der Waals surface area contributed by atoms with Crippen molar-refractivity contribution in [3.8, 4) is 5.69 Å². The SMILES string of the molecule is Cc1cccnc1NC(=O)C1CCCN(C(=O)c2ccn(-c3cccc(F)c3)n2)C1. The lowest BCUT2D eigenvalue weighted by atomic mass is 9.96. The van der Waals surface area contributed by atoms with Crippen molar-refractivity contribution in [1.29, 1.82) is 0 Å². The van der Waals surface area contributed by atoms with Crippen molar-refractivity contribution in [2.24, 2.45) is 5.92 Å². The molecule has 2 amide bonds. The first-order valence-corrected chi connectivity index (χ1v) is 9.84. The normalized spacial score (nSPS) is 16.3. The van der Waals surface area contributed by atoms with Gasteiger partial charge in [0.25, 0.3) is 5.91 Å². The summed E-state index contributed by atoms with van der Waals surface area (Å²) in [7, 11) is 0. The maximum atomic E-state index is 13.5. The van der Waals surface area contributed by atoms with Gasteiger partial charge in [-0.3, -0.25) is 9.59 Å². The number of nitrogens with zero attached hydrogens (tertiary/aromatic N) is 4. The second-order valence-corrected chi connectivity index (χ2v) is 7.37. The predicted octanol–water partition coefficient (Wildman–Crippen LogP) is 3.21. The van der Waals surface area contributed by atoms with E-state index in [4.69, 9.17) is 0 Å². The highest BCUT2D eigenvalue weighted by Gasteiger charge is 2.30. The number of carbonyl (C=O) groups is 2. The summed E-state index contributed by atoms with van der Waals surface area (Å²) in [6, 6.07) is 11.3. The molecule has 2 aromatic heterocycles. The largest absolute Gasteiger partial charge is 0.336 e. The number of anilines is 1. The highest BCUT2D eigenvalue weighted by atomic mass is 19.1. The lowest BCUT2D eigenvalue weighted by Gasteiger charge is -2.31. The summed E-state index contributed by atoms with van der Waals surface area (Å²) in [6.45, 7) is 2.77. The number of aryl methyl sites for hydroxylation is 1. The van der Waals surface area contributed by atoms with Crippen molar-refractivity contribution in [2.45, 2.75) is 19.8 Å². The molecule has 154 valence electrons. The summed E-state index contributed by atoms with van der Waals surface area (Å²) in [6.07, 6.45) is 4.70. The Kier molecular flexibility index (Phi) is 5.56. The molecule has 30 heavy (non-hydrogen) atoms. The van der Waals surface area contributed by atoms with E-state index in [0.29, 0.717) is 31.0 Å². The Morgan fingerprint density at radius 3 is 2.87 bits per heavy atom. The van der Waals surface area contributed by atoms with Crippen LogP contribution < -0.4 is 5.32 Å². The van der Waals surface area contributed by atoms with Crippen LogP contribution in [0.5, 0.6) is 0 Å². The number of aromatic nitrogens is 3. The van der Waals surface area contributed by atoms with Crippen molar-refractivity contribution in [1.82, 2.24) is 19.7 Å². The summed E-state index contributed by atoms with van der Waals surface area (Å²) < 4.78 is 14.9. The number of pyridine rings is 1. The van der Waals surface area contributed by atoms with Crippen molar-refractivity contribution in [2.75, 3.05) is 18.4 Å². The summed E-state index contributed by atoms with van der Waals surface area (Å²) >= 11 is 0. The third-order valence-electron chi connectivity index (χ3n) is 5.21. The molecule has 7 nitrogen and oxygen atoms in total. The van der Waals surface area contributed by atoms with Gasteiger partial charge in [0.2, 0.25) is 5.91 Å². The molecule has 1 aromatic carbocycles. The molecule has 1 N–H and O–H groups in total. The van der Waals surface area contributed by atoms with Crippen LogP contribution in [0.25, 0.3) is 5.69 Å². The van der Waals surface area contributed by atoms with Gasteiger partial charge in [0.05, 0.1) is 11.6 Å². The first kappa shape index (κ1) is 19.8. The van der Waals surface area contributed by atoms with Crippen LogP contribution >= 0.6 is 0 Å². The number of likely N-dealkylation sites (tertiary alicyclic amines) is 1. The number of amides is 2. The smallest absolute Gasteiger partial charge is 0.274 e. The van der Waals surface area contributed by atoms with E-state index >= 15 is 0 Å². The summed E-state index contributed by atoms with van der Waals surface area (Å²) in [4.78, 5) is 31.5. The summed E-state index contributed by atoms with van der Waals surface area (Å²) in [5.74, 6) is -0.519. The van der Waals surface area contributed by atoms with Gasteiger partial charge < -0.3 is 10.2 Å².